The van der Waals surface area contributed by atoms with E-state index in [1.165, 1.54) is 22.4 Å². The molecule has 0 bridgehead atoms. The van der Waals surface area contributed by atoms with Crippen LogP contribution in [0, 0.1) is 20.8 Å². The first-order chi connectivity index (χ1) is 21.0. The molecule has 0 fully saturated rings. The first-order valence-corrected chi connectivity index (χ1v) is 15.6. The normalized spacial score (nSPS) is 14.6. The molecule has 0 N–H and O–H groups in total. The minimum absolute atomic E-state index is 0.0460. The number of carbonyl (C=O) groups excluding carboxylic acids is 2. The molecule has 0 saturated heterocycles. The fourth-order valence-corrected chi connectivity index (χ4v) is 6.71. The lowest BCUT2D eigenvalue weighted by molar-refractivity contribution is -0.136. The van der Waals surface area contributed by atoms with Gasteiger partial charge in [0.1, 0.15) is 11.5 Å². The van der Waals surface area contributed by atoms with Crippen LogP contribution in [0.25, 0.3) is 6.08 Å². The second-order valence-corrected chi connectivity index (χ2v) is 12.8. The highest BCUT2D eigenvalue weighted by molar-refractivity contribution is 7.89. The summed E-state index contributed by atoms with van der Waals surface area (Å²) in [6, 6.07) is 25.1. The van der Waals surface area contributed by atoms with Crippen molar-refractivity contribution in [3.63, 3.8) is 0 Å². The molecule has 4 aromatic rings. The van der Waals surface area contributed by atoms with Gasteiger partial charge in [-0.1, -0.05) is 54.1 Å². The number of nitrogens with zero attached hydrogens (tertiary/aromatic N) is 2. The summed E-state index contributed by atoms with van der Waals surface area (Å²) in [6.07, 6.45) is 1.50. The van der Waals surface area contributed by atoms with Crippen LogP contribution in [0.3, 0.4) is 0 Å². The predicted molar refractivity (Wildman–Crippen MR) is 169 cm³/mol. The first kappa shape index (κ1) is 30.7. The van der Waals surface area contributed by atoms with E-state index < -0.39 is 21.9 Å². The van der Waals surface area contributed by atoms with Gasteiger partial charge in [0.05, 0.1) is 29.7 Å². The van der Waals surface area contributed by atoms with Crippen molar-refractivity contribution in [2.75, 3.05) is 12.0 Å². The Labute approximate surface area is 257 Å². The van der Waals surface area contributed by atoms with Crippen LogP contribution in [-0.4, -0.2) is 31.7 Å². The summed E-state index contributed by atoms with van der Waals surface area (Å²) in [5.74, 6) is -0.356. The molecule has 0 spiro atoms. The molecule has 226 valence electrons. The number of allylic oxidation sites excluding steroid dienone is 1. The zero-order valence-electron chi connectivity index (χ0n) is 25.3. The van der Waals surface area contributed by atoms with Crippen LogP contribution in [0.2, 0.25) is 0 Å². The van der Waals surface area contributed by atoms with Crippen molar-refractivity contribution in [2.24, 2.45) is 0 Å². The fraction of sp³-hybridized carbons (Fsp3) is 0.200. The van der Waals surface area contributed by atoms with Gasteiger partial charge in [-0.05, 0) is 86.9 Å². The number of hydrogen-bond donors (Lipinski definition) is 0. The maximum Gasteiger partial charge on any atom is 0.340 e. The standard InChI is InChI=1S/C35H34N2O6S/c1-23-11-15-31(16-12-23)44(40,41)36(21-27-9-7-6-8-10-27)22-30-14-13-29(43-30)20-32-33(35(39)42-5)26(4)37(34(32)38)28-18-24(2)17-25(3)19-28/h6-20H,21-22H2,1-5H3/b32-20+. The second kappa shape index (κ2) is 12.5. The number of ether oxygens (including phenoxy) is 1. The fourth-order valence-electron chi connectivity index (χ4n) is 5.32. The van der Waals surface area contributed by atoms with E-state index in [0.717, 1.165) is 22.3 Å². The highest BCUT2D eigenvalue weighted by atomic mass is 32.2. The number of amides is 1. The number of carbonyl (C=O) groups is 2. The largest absolute Gasteiger partial charge is 0.465 e. The quantitative estimate of drug-likeness (QED) is 0.159. The summed E-state index contributed by atoms with van der Waals surface area (Å²) >= 11 is 0. The summed E-state index contributed by atoms with van der Waals surface area (Å²) in [5.41, 5.74) is 5.10. The number of methoxy groups -OCH3 is 1. The first-order valence-electron chi connectivity index (χ1n) is 14.1. The molecule has 1 aromatic heterocycles. The van der Waals surface area contributed by atoms with Gasteiger partial charge >= 0.3 is 5.97 Å². The number of rotatable bonds is 9. The Balaban J connectivity index is 1.49. The minimum Gasteiger partial charge on any atom is -0.465 e. The monoisotopic (exact) mass is 610 g/mol. The summed E-state index contributed by atoms with van der Waals surface area (Å²) in [7, 11) is -2.61. The van der Waals surface area contributed by atoms with Gasteiger partial charge in [0.15, 0.2) is 0 Å². The molecule has 0 atom stereocenters. The van der Waals surface area contributed by atoms with Crippen LogP contribution in [0.4, 0.5) is 5.69 Å². The van der Waals surface area contributed by atoms with Crippen molar-refractivity contribution < 1.29 is 27.2 Å². The Kier molecular flexibility index (Phi) is 8.71. The highest BCUT2D eigenvalue weighted by Gasteiger charge is 2.38. The molecular weight excluding hydrogens is 576 g/mol. The zero-order valence-corrected chi connectivity index (χ0v) is 26.1. The average Bonchev–Trinajstić information content (AvgIpc) is 3.53. The van der Waals surface area contributed by atoms with Crippen molar-refractivity contribution in [3.05, 3.63) is 136 Å². The van der Waals surface area contributed by atoms with Gasteiger partial charge in [-0.3, -0.25) is 9.69 Å². The molecule has 3 aromatic carbocycles. The van der Waals surface area contributed by atoms with Crippen LogP contribution in [0.5, 0.6) is 0 Å². The van der Waals surface area contributed by atoms with E-state index in [9.17, 15) is 18.0 Å². The molecule has 1 aliphatic rings. The van der Waals surface area contributed by atoms with Crippen LogP contribution in [0.15, 0.2) is 111 Å². The third-order valence-corrected chi connectivity index (χ3v) is 9.22. The minimum atomic E-state index is -3.88. The van der Waals surface area contributed by atoms with E-state index >= 15 is 0 Å². The summed E-state index contributed by atoms with van der Waals surface area (Å²) in [6.45, 7) is 7.57. The molecule has 0 radical (unpaired) electrons. The van der Waals surface area contributed by atoms with Crippen LogP contribution >= 0.6 is 0 Å². The molecule has 1 amide bonds. The van der Waals surface area contributed by atoms with Gasteiger partial charge in [-0.2, -0.15) is 4.31 Å². The molecule has 2 heterocycles. The van der Waals surface area contributed by atoms with Gasteiger partial charge in [0.2, 0.25) is 10.0 Å². The average molecular weight is 611 g/mol. The maximum absolute atomic E-state index is 13.8. The Morgan fingerprint density at radius 1 is 0.864 bits per heavy atom. The van der Waals surface area contributed by atoms with E-state index in [1.807, 2.05) is 69.3 Å². The summed E-state index contributed by atoms with van der Waals surface area (Å²) < 4.78 is 40.0. The summed E-state index contributed by atoms with van der Waals surface area (Å²) in [5, 5.41) is 0. The maximum atomic E-state index is 13.8. The number of esters is 1. The van der Waals surface area contributed by atoms with Gasteiger partial charge in [-0.15, -0.1) is 0 Å². The molecule has 0 saturated carbocycles. The Morgan fingerprint density at radius 2 is 1.52 bits per heavy atom. The van der Waals surface area contributed by atoms with Crippen molar-refractivity contribution in [1.82, 2.24) is 4.31 Å². The zero-order chi connectivity index (χ0) is 31.6. The van der Waals surface area contributed by atoms with Gasteiger partial charge in [-0.25, -0.2) is 13.2 Å². The molecule has 9 heteroatoms. The van der Waals surface area contributed by atoms with Crippen molar-refractivity contribution in [2.45, 2.75) is 45.7 Å². The van der Waals surface area contributed by atoms with E-state index in [1.54, 1.807) is 43.3 Å². The lowest BCUT2D eigenvalue weighted by atomic mass is 10.1. The van der Waals surface area contributed by atoms with E-state index in [-0.39, 0.29) is 29.1 Å². The summed E-state index contributed by atoms with van der Waals surface area (Å²) in [4.78, 5) is 28.3. The smallest absolute Gasteiger partial charge is 0.340 e. The third-order valence-electron chi connectivity index (χ3n) is 7.42. The van der Waals surface area contributed by atoms with Crippen LogP contribution in [-0.2, 0) is 37.4 Å². The highest BCUT2D eigenvalue weighted by Crippen LogP contribution is 2.36. The molecule has 44 heavy (non-hydrogen) atoms. The molecule has 0 unspecified atom stereocenters. The molecule has 0 aliphatic carbocycles. The second-order valence-electron chi connectivity index (χ2n) is 10.9. The van der Waals surface area contributed by atoms with Crippen molar-refractivity contribution >= 4 is 33.7 Å². The predicted octanol–water partition coefficient (Wildman–Crippen LogP) is 6.47. The van der Waals surface area contributed by atoms with Gasteiger partial charge in [0, 0.05) is 17.9 Å². The molecular formula is C35H34N2O6S. The van der Waals surface area contributed by atoms with Crippen LogP contribution in [0.1, 0.15) is 40.7 Å². The lowest BCUT2D eigenvalue weighted by Gasteiger charge is -2.21. The Bertz CT molecular complexity index is 1870. The number of benzene rings is 3. The number of anilines is 1. The number of aryl methyl sites for hydroxylation is 3. The molecule has 8 nitrogen and oxygen atoms in total. The lowest BCUT2D eigenvalue weighted by Crippen LogP contribution is -2.30. The third kappa shape index (κ3) is 6.29. The van der Waals surface area contributed by atoms with E-state index in [4.69, 9.17) is 9.15 Å². The Hall–Kier alpha value is -4.73. The number of furan rings is 1. The van der Waals surface area contributed by atoms with Crippen LogP contribution < -0.4 is 4.90 Å². The van der Waals surface area contributed by atoms with E-state index in [0.29, 0.717) is 22.9 Å². The molecule has 5 rings (SSSR count). The van der Waals surface area contributed by atoms with E-state index in [2.05, 4.69) is 0 Å². The van der Waals surface area contributed by atoms with Gasteiger partial charge < -0.3 is 9.15 Å². The van der Waals surface area contributed by atoms with Crippen molar-refractivity contribution in [1.29, 1.82) is 0 Å². The van der Waals surface area contributed by atoms with Crippen molar-refractivity contribution in [3.8, 4) is 0 Å². The number of hydrogen-bond acceptors (Lipinski definition) is 6. The molecule has 1 aliphatic heterocycles. The van der Waals surface area contributed by atoms with Gasteiger partial charge in [0.25, 0.3) is 5.91 Å². The topological polar surface area (TPSA) is 97.1 Å². The SMILES string of the molecule is COC(=O)C1=C(C)N(c2cc(C)cc(C)c2)C(=O)/C1=C/c1ccc(CN(Cc2ccccc2)S(=O)(=O)c2ccc(C)cc2)o1. The Morgan fingerprint density at radius 3 is 2.16 bits per heavy atom. The number of sulfonamides is 1.